The van der Waals surface area contributed by atoms with Gasteiger partial charge in [0.1, 0.15) is 0 Å². The van der Waals surface area contributed by atoms with Crippen LogP contribution in [0.25, 0.3) is 0 Å². The summed E-state index contributed by atoms with van der Waals surface area (Å²) in [6.07, 6.45) is 61.5. The van der Waals surface area contributed by atoms with Crippen molar-refractivity contribution in [3.8, 4) is 0 Å². The van der Waals surface area contributed by atoms with Gasteiger partial charge in [-0.15, -0.1) is 0 Å². The summed E-state index contributed by atoms with van der Waals surface area (Å²) in [6.45, 7) is 4.18. The highest BCUT2D eigenvalue weighted by Gasteiger charge is 2.17. The summed E-state index contributed by atoms with van der Waals surface area (Å²) >= 11 is 0. The Kier molecular flexibility index (Phi) is 41.4. The molecule has 0 spiro atoms. The van der Waals surface area contributed by atoms with E-state index in [0.29, 0.717) is 6.42 Å². The topological polar surface area (TPSA) is 69.6 Å². The maximum absolute atomic E-state index is 12.4. The van der Waals surface area contributed by atoms with E-state index < -0.39 is 12.1 Å². The third-order valence-corrected chi connectivity index (χ3v) is 9.70. The van der Waals surface area contributed by atoms with Crippen molar-refractivity contribution in [1.82, 2.24) is 5.32 Å². The predicted molar refractivity (Wildman–Crippen MR) is 230 cm³/mol. The first-order valence-corrected chi connectivity index (χ1v) is 22.2. The van der Waals surface area contributed by atoms with Gasteiger partial charge in [-0.3, -0.25) is 4.79 Å². The fraction of sp³-hybridized carbons (Fsp3) is 0.729. The summed E-state index contributed by atoms with van der Waals surface area (Å²) in [5, 5.41) is 23.0. The Hall–Kier alpha value is -2.17. The Labute approximate surface area is 323 Å². The van der Waals surface area contributed by atoms with Gasteiger partial charge >= 0.3 is 0 Å². The first kappa shape index (κ1) is 49.8. The van der Waals surface area contributed by atoms with E-state index in [-0.39, 0.29) is 12.5 Å². The molecule has 0 aliphatic heterocycles. The average molecular weight is 724 g/mol. The number of nitrogens with one attached hydrogen (secondary N) is 1. The highest BCUT2D eigenvalue weighted by molar-refractivity contribution is 5.76. The lowest BCUT2D eigenvalue weighted by atomic mass is 10.0. The van der Waals surface area contributed by atoms with Crippen LogP contribution in [-0.2, 0) is 4.79 Å². The molecule has 0 bridgehead atoms. The van der Waals surface area contributed by atoms with E-state index in [1.807, 2.05) is 6.08 Å². The van der Waals surface area contributed by atoms with Crippen LogP contribution in [0.2, 0.25) is 0 Å². The molecule has 0 aromatic carbocycles. The Morgan fingerprint density at radius 2 is 0.846 bits per heavy atom. The van der Waals surface area contributed by atoms with Crippen LogP contribution in [0.4, 0.5) is 0 Å². The van der Waals surface area contributed by atoms with Crippen LogP contribution >= 0.6 is 0 Å². The zero-order valence-corrected chi connectivity index (χ0v) is 34.3. The maximum atomic E-state index is 12.4. The molecule has 4 nitrogen and oxygen atoms in total. The molecule has 4 heteroatoms. The van der Waals surface area contributed by atoms with Gasteiger partial charge in [-0.05, 0) is 64.2 Å². The smallest absolute Gasteiger partial charge is 0.220 e. The van der Waals surface area contributed by atoms with Gasteiger partial charge in [0.25, 0.3) is 0 Å². The van der Waals surface area contributed by atoms with Crippen LogP contribution in [0.5, 0.6) is 0 Å². The van der Waals surface area contributed by atoms with E-state index in [0.717, 1.165) is 70.6 Å². The lowest BCUT2D eigenvalue weighted by Crippen LogP contribution is -2.45. The van der Waals surface area contributed by atoms with E-state index >= 15 is 0 Å². The summed E-state index contributed by atoms with van der Waals surface area (Å²) in [4.78, 5) is 12.4. The van der Waals surface area contributed by atoms with Gasteiger partial charge in [-0.1, -0.05) is 209 Å². The van der Waals surface area contributed by atoms with Gasteiger partial charge in [0.15, 0.2) is 0 Å². The number of carbonyl (C=O) groups excluding carboxylic acids is 1. The number of amides is 1. The van der Waals surface area contributed by atoms with Crippen LogP contribution in [0.3, 0.4) is 0 Å². The SMILES string of the molecule is CC/C=C\C/C=C\C/C=C\C/C=C\C/C=C\CCCCCC(=O)NC(CO)C(O)/C=C/CCCCCCCCCCCCCCCCCCCCC. The molecule has 0 fully saturated rings. The predicted octanol–water partition coefficient (Wildman–Crippen LogP) is 13.9. The standard InChI is InChI=1S/C48H85NO3/c1-3-5-7-9-11-13-15-17-19-21-23-24-26-27-29-31-33-35-37-39-41-43-47(51)46(45-50)49-48(52)44-42-40-38-36-34-32-30-28-25-22-20-18-16-14-12-10-8-6-4-2/h6,8,12,14,18,20,25,28,32,34,41,43,46-47,50-51H,3-5,7,9-11,13,15-17,19,21-24,26-27,29-31,33,35-40,42,44-45H2,1-2H3,(H,49,52)/b8-6-,14-12-,20-18-,28-25-,34-32-,43-41+. The Bertz CT molecular complexity index is 915. The van der Waals surface area contributed by atoms with Crippen molar-refractivity contribution in [2.45, 2.75) is 219 Å². The minimum atomic E-state index is -0.857. The third-order valence-electron chi connectivity index (χ3n) is 9.70. The lowest BCUT2D eigenvalue weighted by molar-refractivity contribution is -0.123. The van der Waals surface area contributed by atoms with Gasteiger partial charge < -0.3 is 15.5 Å². The zero-order valence-electron chi connectivity index (χ0n) is 34.3. The minimum Gasteiger partial charge on any atom is -0.394 e. The molecule has 300 valence electrons. The van der Waals surface area contributed by atoms with E-state index in [2.05, 4.69) is 79.9 Å². The number of unbranched alkanes of at least 4 members (excludes halogenated alkanes) is 22. The quantitative estimate of drug-likeness (QED) is 0.0437. The van der Waals surface area contributed by atoms with Crippen LogP contribution in [-0.4, -0.2) is 34.9 Å². The number of aliphatic hydroxyl groups is 2. The molecule has 2 unspecified atom stereocenters. The van der Waals surface area contributed by atoms with Crippen molar-refractivity contribution < 1.29 is 15.0 Å². The van der Waals surface area contributed by atoms with E-state index in [1.165, 1.54) is 116 Å². The van der Waals surface area contributed by atoms with Gasteiger partial charge in [0, 0.05) is 6.42 Å². The number of hydrogen-bond acceptors (Lipinski definition) is 3. The second kappa shape index (κ2) is 43.2. The van der Waals surface area contributed by atoms with E-state index in [4.69, 9.17) is 0 Å². The molecule has 0 aliphatic rings. The highest BCUT2D eigenvalue weighted by Crippen LogP contribution is 2.15. The molecule has 0 aromatic rings. The average Bonchev–Trinajstić information content (AvgIpc) is 3.15. The van der Waals surface area contributed by atoms with Crippen LogP contribution < -0.4 is 5.32 Å². The molecule has 0 radical (unpaired) electrons. The monoisotopic (exact) mass is 724 g/mol. The molecule has 0 aliphatic carbocycles. The van der Waals surface area contributed by atoms with Crippen molar-refractivity contribution in [1.29, 1.82) is 0 Å². The summed E-state index contributed by atoms with van der Waals surface area (Å²) in [5.41, 5.74) is 0. The first-order valence-electron chi connectivity index (χ1n) is 22.2. The molecule has 0 rings (SSSR count). The fourth-order valence-corrected chi connectivity index (χ4v) is 6.32. The molecule has 0 saturated carbocycles. The molecule has 1 amide bonds. The highest BCUT2D eigenvalue weighted by atomic mass is 16.3. The summed E-state index contributed by atoms with van der Waals surface area (Å²) in [7, 11) is 0. The van der Waals surface area contributed by atoms with Crippen molar-refractivity contribution in [3.63, 3.8) is 0 Å². The van der Waals surface area contributed by atoms with Crippen LogP contribution in [0, 0.1) is 0 Å². The number of carbonyl (C=O) groups is 1. The maximum Gasteiger partial charge on any atom is 0.220 e. The zero-order chi connectivity index (χ0) is 37.8. The van der Waals surface area contributed by atoms with Crippen molar-refractivity contribution in [2.24, 2.45) is 0 Å². The second-order valence-electron chi connectivity index (χ2n) is 14.7. The van der Waals surface area contributed by atoms with Gasteiger partial charge in [0.05, 0.1) is 18.8 Å². The summed E-state index contributed by atoms with van der Waals surface area (Å²) in [6, 6.07) is -0.643. The molecule has 0 aromatic heterocycles. The minimum absolute atomic E-state index is 0.0971. The van der Waals surface area contributed by atoms with Crippen molar-refractivity contribution in [2.75, 3.05) is 6.61 Å². The van der Waals surface area contributed by atoms with E-state index in [1.54, 1.807) is 6.08 Å². The van der Waals surface area contributed by atoms with Crippen molar-refractivity contribution in [3.05, 3.63) is 72.9 Å². The Balaban J connectivity index is 3.65. The fourth-order valence-electron chi connectivity index (χ4n) is 6.32. The second-order valence-corrected chi connectivity index (χ2v) is 14.7. The third kappa shape index (κ3) is 39.0. The molecule has 0 saturated heterocycles. The summed E-state index contributed by atoms with van der Waals surface area (Å²) < 4.78 is 0. The van der Waals surface area contributed by atoms with Gasteiger partial charge in [0.2, 0.25) is 5.91 Å². The van der Waals surface area contributed by atoms with E-state index in [9.17, 15) is 15.0 Å². The normalized spacial score (nSPS) is 13.7. The number of rotatable bonds is 39. The molecular formula is C48H85NO3. The molecule has 2 atom stereocenters. The number of hydrogen-bond donors (Lipinski definition) is 3. The largest absolute Gasteiger partial charge is 0.394 e. The van der Waals surface area contributed by atoms with Crippen LogP contribution in [0.1, 0.15) is 206 Å². The summed E-state index contributed by atoms with van der Waals surface area (Å²) in [5.74, 6) is -0.0971. The van der Waals surface area contributed by atoms with Gasteiger partial charge in [-0.2, -0.15) is 0 Å². The Morgan fingerprint density at radius 3 is 1.27 bits per heavy atom. The van der Waals surface area contributed by atoms with Crippen molar-refractivity contribution >= 4 is 5.91 Å². The first-order chi connectivity index (χ1) is 25.7. The molecular weight excluding hydrogens is 639 g/mol. The molecule has 52 heavy (non-hydrogen) atoms. The lowest BCUT2D eigenvalue weighted by Gasteiger charge is -2.19. The Morgan fingerprint density at radius 1 is 0.481 bits per heavy atom. The number of aliphatic hydroxyl groups excluding tert-OH is 2. The molecule has 3 N–H and O–H groups in total. The van der Waals surface area contributed by atoms with Crippen LogP contribution in [0.15, 0.2) is 72.9 Å². The van der Waals surface area contributed by atoms with Gasteiger partial charge in [-0.25, -0.2) is 0 Å². The molecule has 0 heterocycles. The number of allylic oxidation sites excluding steroid dienone is 11.